The molecule has 2 aliphatic heterocycles. The predicted octanol–water partition coefficient (Wildman–Crippen LogP) is -0.0203. The van der Waals surface area contributed by atoms with Crippen LogP contribution in [0.2, 0.25) is 0 Å². The van der Waals surface area contributed by atoms with Crippen molar-refractivity contribution in [3.8, 4) is 0 Å². The molecule has 142 valence electrons. The fourth-order valence-corrected chi connectivity index (χ4v) is 4.46. The van der Waals surface area contributed by atoms with Crippen molar-refractivity contribution < 1.29 is 18.0 Å². The topological polar surface area (TPSA) is 98.8 Å². The summed E-state index contributed by atoms with van der Waals surface area (Å²) in [6.45, 7) is 1.89. The third-order valence-electron chi connectivity index (χ3n) is 4.90. The smallest absolute Gasteiger partial charge is 0.317 e. The van der Waals surface area contributed by atoms with E-state index in [0.29, 0.717) is 26.2 Å². The number of amides is 3. The number of carbonyl (C=O) groups is 2. The molecule has 3 amide bonds. The van der Waals surface area contributed by atoms with Gasteiger partial charge in [-0.1, -0.05) is 30.3 Å². The lowest BCUT2D eigenvalue weighted by Crippen LogP contribution is -2.47. The molecule has 0 radical (unpaired) electrons. The zero-order valence-electron chi connectivity index (χ0n) is 14.8. The molecule has 1 aromatic carbocycles. The van der Waals surface area contributed by atoms with E-state index in [1.165, 1.54) is 4.31 Å². The van der Waals surface area contributed by atoms with Gasteiger partial charge < -0.3 is 15.5 Å². The van der Waals surface area contributed by atoms with Gasteiger partial charge in [-0.15, -0.1) is 0 Å². The SMILES string of the molecule is CS(=O)(=O)N1CCN(C(=O)NCc2ccccc2)C[C@]2(CNC(=O)C2)C1. The van der Waals surface area contributed by atoms with Crippen LogP contribution in [0, 0.1) is 5.41 Å². The van der Waals surface area contributed by atoms with Crippen LogP contribution in [0.3, 0.4) is 0 Å². The van der Waals surface area contributed by atoms with Crippen molar-refractivity contribution in [2.75, 3.05) is 39.0 Å². The van der Waals surface area contributed by atoms with Gasteiger partial charge in [0.15, 0.2) is 0 Å². The van der Waals surface area contributed by atoms with Gasteiger partial charge in [0.1, 0.15) is 0 Å². The number of nitrogens with one attached hydrogen (secondary N) is 2. The maximum absolute atomic E-state index is 12.6. The van der Waals surface area contributed by atoms with Crippen molar-refractivity contribution in [1.82, 2.24) is 19.8 Å². The Kier molecular flexibility index (Phi) is 5.19. The molecule has 9 heteroatoms. The Morgan fingerprint density at radius 3 is 2.58 bits per heavy atom. The van der Waals surface area contributed by atoms with E-state index < -0.39 is 15.4 Å². The summed E-state index contributed by atoms with van der Waals surface area (Å²) >= 11 is 0. The summed E-state index contributed by atoms with van der Waals surface area (Å²) in [6.07, 6.45) is 1.39. The lowest BCUT2D eigenvalue weighted by atomic mass is 9.86. The van der Waals surface area contributed by atoms with E-state index in [0.717, 1.165) is 11.8 Å². The number of carbonyl (C=O) groups excluding carboxylic acids is 2. The third-order valence-corrected chi connectivity index (χ3v) is 6.15. The Morgan fingerprint density at radius 2 is 1.96 bits per heavy atom. The van der Waals surface area contributed by atoms with E-state index in [1.807, 2.05) is 30.3 Å². The molecule has 2 fully saturated rings. The van der Waals surface area contributed by atoms with Gasteiger partial charge in [0, 0.05) is 51.1 Å². The summed E-state index contributed by atoms with van der Waals surface area (Å²) in [4.78, 5) is 26.0. The normalized spacial score (nSPS) is 24.3. The Balaban J connectivity index is 1.72. The molecule has 26 heavy (non-hydrogen) atoms. The quantitative estimate of drug-likeness (QED) is 0.770. The highest BCUT2D eigenvalue weighted by molar-refractivity contribution is 7.88. The standard InChI is InChI=1S/C17H24N4O4S/c1-26(24,25)21-8-7-20(12-17(13-21)9-15(22)19-11-17)16(23)18-10-14-5-3-2-4-6-14/h2-6H,7-13H2,1H3,(H,18,23)(H,19,22)/t17-/m0/s1. The summed E-state index contributed by atoms with van der Waals surface area (Å²) < 4.78 is 25.5. The molecule has 2 N–H and O–H groups in total. The molecule has 1 aromatic rings. The molecule has 0 saturated carbocycles. The molecule has 8 nitrogen and oxygen atoms in total. The van der Waals surface area contributed by atoms with E-state index in [4.69, 9.17) is 0 Å². The molecule has 1 atom stereocenters. The number of hydrogen-bond acceptors (Lipinski definition) is 4. The minimum Gasteiger partial charge on any atom is -0.355 e. The fraction of sp³-hybridized carbons (Fsp3) is 0.529. The molecule has 3 rings (SSSR count). The molecule has 0 unspecified atom stereocenters. The van der Waals surface area contributed by atoms with Crippen molar-refractivity contribution in [2.45, 2.75) is 13.0 Å². The number of rotatable bonds is 3. The first-order valence-corrected chi connectivity index (χ1v) is 10.4. The van der Waals surface area contributed by atoms with Crippen LogP contribution in [0.4, 0.5) is 4.79 Å². The van der Waals surface area contributed by atoms with Crippen molar-refractivity contribution in [3.63, 3.8) is 0 Å². The van der Waals surface area contributed by atoms with Gasteiger partial charge in [-0.2, -0.15) is 4.31 Å². The number of hydrogen-bond donors (Lipinski definition) is 2. The van der Waals surface area contributed by atoms with Crippen LogP contribution in [-0.2, 0) is 21.4 Å². The predicted molar refractivity (Wildman–Crippen MR) is 96.7 cm³/mol. The Hall–Kier alpha value is -2.13. The van der Waals surface area contributed by atoms with E-state index in [2.05, 4.69) is 10.6 Å². The lowest BCUT2D eigenvalue weighted by Gasteiger charge is -2.32. The van der Waals surface area contributed by atoms with Gasteiger partial charge in [-0.3, -0.25) is 4.79 Å². The van der Waals surface area contributed by atoms with Crippen LogP contribution < -0.4 is 10.6 Å². The minimum absolute atomic E-state index is 0.106. The Labute approximate surface area is 153 Å². The van der Waals surface area contributed by atoms with Gasteiger partial charge >= 0.3 is 6.03 Å². The van der Waals surface area contributed by atoms with Gasteiger partial charge in [-0.25, -0.2) is 13.2 Å². The van der Waals surface area contributed by atoms with E-state index >= 15 is 0 Å². The van der Waals surface area contributed by atoms with Crippen molar-refractivity contribution in [1.29, 1.82) is 0 Å². The highest BCUT2D eigenvalue weighted by Gasteiger charge is 2.45. The first-order valence-electron chi connectivity index (χ1n) is 8.56. The van der Waals surface area contributed by atoms with E-state index in [1.54, 1.807) is 4.90 Å². The van der Waals surface area contributed by atoms with Crippen molar-refractivity contribution >= 4 is 22.0 Å². The Bertz CT molecular complexity index is 783. The maximum atomic E-state index is 12.6. The van der Waals surface area contributed by atoms with Gasteiger partial charge in [0.2, 0.25) is 15.9 Å². The van der Waals surface area contributed by atoms with Crippen LogP contribution in [0.1, 0.15) is 12.0 Å². The molecule has 0 aromatic heterocycles. The van der Waals surface area contributed by atoms with E-state index in [9.17, 15) is 18.0 Å². The summed E-state index contributed by atoms with van der Waals surface area (Å²) in [5.41, 5.74) is 0.404. The van der Waals surface area contributed by atoms with Gasteiger partial charge in [-0.05, 0) is 5.56 Å². The molecule has 1 spiro atoms. The molecule has 0 bridgehead atoms. The number of benzene rings is 1. The zero-order valence-corrected chi connectivity index (χ0v) is 15.6. The van der Waals surface area contributed by atoms with Gasteiger partial charge in [0.05, 0.1) is 6.26 Å². The number of nitrogens with zero attached hydrogens (tertiary/aromatic N) is 2. The molecular formula is C17H24N4O4S. The Morgan fingerprint density at radius 1 is 1.23 bits per heavy atom. The first kappa shape index (κ1) is 18.7. The van der Waals surface area contributed by atoms with Crippen LogP contribution in [0.5, 0.6) is 0 Å². The van der Waals surface area contributed by atoms with Crippen LogP contribution in [0.25, 0.3) is 0 Å². The molecule has 2 heterocycles. The molecule has 2 aliphatic rings. The number of sulfonamides is 1. The summed E-state index contributed by atoms with van der Waals surface area (Å²) in [5.74, 6) is -0.106. The largest absolute Gasteiger partial charge is 0.355 e. The molecule has 2 saturated heterocycles. The molecular weight excluding hydrogens is 356 g/mol. The highest BCUT2D eigenvalue weighted by atomic mass is 32.2. The minimum atomic E-state index is -3.40. The third kappa shape index (κ3) is 4.34. The summed E-state index contributed by atoms with van der Waals surface area (Å²) in [7, 11) is -3.40. The average Bonchev–Trinajstić information content (AvgIpc) is 2.83. The first-order chi connectivity index (χ1) is 12.3. The number of urea groups is 1. The van der Waals surface area contributed by atoms with Crippen LogP contribution in [0.15, 0.2) is 30.3 Å². The second-order valence-corrected chi connectivity index (χ2v) is 9.10. The van der Waals surface area contributed by atoms with Crippen molar-refractivity contribution in [3.05, 3.63) is 35.9 Å². The zero-order chi connectivity index (χ0) is 18.8. The van der Waals surface area contributed by atoms with Crippen molar-refractivity contribution in [2.24, 2.45) is 5.41 Å². The summed E-state index contributed by atoms with van der Waals surface area (Å²) in [5, 5.41) is 5.66. The maximum Gasteiger partial charge on any atom is 0.317 e. The average molecular weight is 380 g/mol. The second kappa shape index (κ2) is 7.24. The fourth-order valence-electron chi connectivity index (χ4n) is 3.54. The second-order valence-electron chi connectivity index (χ2n) is 7.12. The monoisotopic (exact) mass is 380 g/mol. The van der Waals surface area contributed by atoms with Gasteiger partial charge in [0.25, 0.3) is 0 Å². The van der Waals surface area contributed by atoms with E-state index in [-0.39, 0.29) is 31.4 Å². The lowest BCUT2D eigenvalue weighted by molar-refractivity contribution is -0.119. The molecule has 0 aliphatic carbocycles. The van der Waals surface area contributed by atoms with Crippen LogP contribution in [-0.4, -0.2) is 68.5 Å². The summed E-state index contributed by atoms with van der Waals surface area (Å²) in [6, 6.07) is 9.32. The highest BCUT2D eigenvalue weighted by Crippen LogP contribution is 2.31. The van der Waals surface area contributed by atoms with Crippen LogP contribution >= 0.6 is 0 Å².